The van der Waals surface area contributed by atoms with E-state index in [0.717, 1.165) is 25.7 Å². The van der Waals surface area contributed by atoms with E-state index >= 15 is 0 Å². The summed E-state index contributed by atoms with van der Waals surface area (Å²) in [5, 5.41) is 8.71. The van der Waals surface area contributed by atoms with Crippen molar-refractivity contribution >= 4 is 9.84 Å². The smallest absolute Gasteiger partial charge is 0.180 e. The number of nitrogens with zero attached hydrogens (tertiary/aromatic N) is 1. The molecule has 5 nitrogen and oxygen atoms in total. The number of ether oxygens (including phenoxy) is 1. The molecule has 6 heteroatoms. The van der Waals surface area contributed by atoms with Crippen molar-refractivity contribution in [1.29, 1.82) is 5.26 Å². The van der Waals surface area contributed by atoms with Crippen LogP contribution >= 0.6 is 0 Å². The molecule has 0 amide bonds. The van der Waals surface area contributed by atoms with Gasteiger partial charge < -0.3 is 10.5 Å². The molecule has 1 fully saturated rings. The molecule has 1 aliphatic carbocycles. The van der Waals surface area contributed by atoms with Gasteiger partial charge in [0.05, 0.1) is 35.0 Å². The van der Waals surface area contributed by atoms with E-state index in [2.05, 4.69) is 0 Å². The molecule has 1 saturated carbocycles. The van der Waals surface area contributed by atoms with Gasteiger partial charge in [0.15, 0.2) is 9.84 Å². The second-order valence-electron chi connectivity index (χ2n) is 5.37. The molecule has 2 unspecified atom stereocenters. The topological polar surface area (TPSA) is 93.2 Å². The Kier molecular flexibility index (Phi) is 5.34. The number of hydrogen-bond donors (Lipinski definition) is 1. The predicted octanol–water partition coefficient (Wildman–Crippen LogP) is 1.62. The van der Waals surface area contributed by atoms with Gasteiger partial charge in [0, 0.05) is 6.04 Å². The third-order valence-electron chi connectivity index (χ3n) is 3.71. The molecule has 0 spiro atoms. The van der Waals surface area contributed by atoms with Gasteiger partial charge >= 0.3 is 0 Å². The Labute approximate surface area is 125 Å². The summed E-state index contributed by atoms with van der Waals surface area (Å²) in [7, 11) is -3.37. The summed E-state index contributed by atoms with van der Waals surface area (Å²) < 4.78 is 29.9. The molecule has 21 heavy (non-hydrogen) atoms. The molecule has 2 N–H and O–H groups in total. The fourth-order valence-corrected chi connectivity index (χ4v) is 3.61. The van der Waals surface area contributed by atoms with E-state index < -0.39 is 9.84 Å². The van der Waals surface area contributed by atoms with Gasteiger partial charge in [0.25, 0.3) is 0 Å². The second kappa shape index (κ2) is 7.03. The third kappa shape index (κ3) is 4.53. The lowest BCUT2D eigenvalue weighted by atomic mass is 9.94. The van der Waals surface area contributed by atoms with Gasteiger partial charge in [0.1, 0.15) is 0 Å². The number of hydrogen-bond acceptors (Lipinski definition) is 5. The van der Waals surface area contributed by atoms with Crippen LogP contribution in [0, 0.1) is 11.3 Å². The van der Waals surface area contributed by atoms with Crippen LogP contribution in [0.2, 0.25) is 0 Å². The van der Waals surface area contributed by atoms with Crippen LogP contribution in [0.4, 0.5) is 0 Å². The summed E-state index contributed by atoms with van der Waals surface area (Å²) in [5.41, 5.74) is 6.32. The summed E-state index contributed by atoms with van der Waals surface area (Å²) in [6.45, 7) is 0.180. The zero-order chi connectivity index (χ0) is 15.3. The Morgan fingerprint density at radius 2 is 2.00 bits per heavy atom. The van der Waals surface area contributed by atoms with Gasteiger partial charge in [-0.2, -0.15) is 5.26 Å². The van der Waals surface area contributed by atoms with Crippen LogP contribution in [0.1, 0.15) is 31.2 Å². The standard InChI is InChI=1S/C15H20N2O3S/c16-11-12-4-6-15(7-5-12)21(18,19)9-8-20-14-3-1-2-13(17)10-14/h4-7,13-14H,1-3,8-10,17H2. The molecule has 0 aliphatic heterocycles. The molecule has 1 aliphatic rings. The van der Waals surface area contributed by atoms with Crippen LogP contribution in [-0.2, 0) is 14.6 Å². The lowest BCUT2D eigenvalue weighted by Crippen LogP contribution is -2.33. The number of benzene rings is 1. The first-order valence-corrected chi connectivity index (χ1v) is 8.76. The van der Waals surface area contributed by atoms with Gasteiger partial charge in [-0.05, 0) is 49.9 Å². The Hall–Kier alpha value is -1.42. The van der Waals surface area contributed by atoms with Crippen molar-refractivity contribution in [1.82, 2.24) is 0 Å². The number of nitriles is 1. The fourth-order valence-electron chi connectivity index (χ4n) is 2.51. The van der Waals surface area contributed by atoms with E-state index in [0.29, 0.717) is 5.56 Å². The summed E-state index contributed by atoms with van der Waals surface area (Å²) in [6, 6.07) is 8.07. The van der Waals surface area contributed by atoms with Crippen molar-refractivity contribution in [2.24, 2.45) is 5.73 Å². The highest BCUT2D eigenvalue weighted by molar-refractivity contribution is 7.91. The van der Waals surface area contributed by atoms with E-state index in [1.807, 2.05) is 6.07 Å². The molecule has 0 bridgehead atoms. The van der Waals surface area contributed by atoms with Crippen LogP contribution in [0.3, 0.4) is 0 Å². The van der Waals surface area contributed by atoms with Crippen molar-refractivity contribution in [3.05, 3.63) is 29.8 Å². The molecule has 2 atom stereocenters. The van der Waals surface area contributed by atoms with Crippen molar-refractivity contribution in [3.8, 4) is 6.07 Å². The van der Waals surface area contributed by atoms with Crippen molar-refractivity contribution < 1.29 is 13.2 Å². The van der Waals surface area contributed by atoms with E-state index in [1.54, 1.807) is 0 Å². The number of rotatable bonds is 5. The minimum atomic E-state index is -3.37. The van der Waals surface area contributed by atoms with Crippen LogP contribution in [-0.4, -0.2) is 32.9 Å². The van der Waals surface area contributed by atoms with Gasteiger partial charge in [0.2, 0.25) is 0 Å². The SMILES string of the molecule is N#Cc1ccc(S(=O)(=O)CCOC2CCCC(N)C2)cc1. The van der Waals surface area contributed by atoms with Crippen molar-refractivity contribution in [2.45, 2.75) is 42.7 Å². The molecule has 0 aromatic heterocycles. The summed E-state index contributed by atoms with van der Waals surface area (Å²) in [5.74, 6) is -0.0510. The lowest BCUT2D eigenvalue weighted by molar-refractivity contribution is 0.0327. The molecule has 1 aromatic rings. The number of sulfone groups is 1. The fraction of sp³-hybridized carbons (Fsp3) is 0.533. The van der Waals surface area contributed by atoms with E-state index in [9.17, 15) is 8.42 Å². The molecule has 1 aromatic carbocycles. The lowest BCUT2D eigenvalue weighted by Gasteiger charge is -2.26. The minimum absolute atomic E-state index is 0.0510. The molecular formula is C15H20N2O3S. The number of nitrogens with two attached hydrogens (primary N) is 1. The predicted molar refractivity (Wildman–Crippen MR) is 79.4 cm³/mol. The van der Waals surface area contributed by atoms with E-state index in [4.69, 9.17) is 15.7 Å². The summed E-state index contributed by atoms with van der Waals surface area (Å²) in [4.78, 5) is 0.227. The van der Waals surface area contributed by atoms with Gasteiger partial charge in [-0.15, -0.1) is 0 Å². The Balaban J connectivity index is 1.87. The highest BCUT2D eigenvalue weighted by Gasteiger charge is 2.21. The molecule has 0 saturated heterocycles. The van der Waals surface area contributed by atoms with Crippen molar-refractivity contribution in [3.63, 3.8) is 0 Å². The van der Waals surface area contributed by atoms with E-state index in [1.165, 1.54) is 24.3 Å². The Bertz CT molecular complexity index is 605. The molecule has 0 radical (unpaired) electrons. The maximum Gasteiger partial charge on any atom is 0.180 e. The largest absolute Gasteiger partial charge is 0.377 e. The highest BCUT2D eigenvalue weighted by Crippen LogP contribution is 2.20. The van der Waals surface area contributed by atoms with Gasteiger partial charge in [-0.1, -0.05) is 0 Å². The average molecular weight is 308 g/mol. The van der Waals surface area contributed by atoms with Crippen molar-refractivity contribution in [2.75, 3.05) is 12.4 Å². The first kappa shape index (κ1) is 16.0. The van der Waals surface area contributed by atoms with Crippen LogP contribution in [0.5, 0.6) is 0 Å². The molecule has 114 valence electrons. The molecule has 2 rings (SSSR count). The molecule has 0 heterocycles. The first-order chi connectivity index (χ1) is 10.0. The zero-order valence-corrected chi connectivity index (χ0v) is 12.7. The maximum atomic E-state index is 12.2. The summed E-state index contributed by atoms with van der Waals surface area (Å²) >= 11 is 0. The van der Waals surface area contributed by atoms with Gasteiger partial charge in [-0.25, -0.2) is 8.42 Å². The highest BCUT2D eigenvalue weighted by atomic mass is 32.2. The second-order valence-corrected chi connectivity index (χ2v) is 7.48. The quantitative estimate of drug-likeness (QED) is 0.892. The first-order valence-electron chi connectivity index (χ1n) is 7.11. The van der Waals surface area contributed by atoms with Gasteiger partial charge in [-0.3, -0.25) is 0 Å². The van der Waals surface area contributed by atoms with Crippen LogP contribution in [0.15, 0.2) is 29.2 Å². The Morgan fingerprint density at radius 1 is 1.29 bits per heavy atom. The Morgan fingerprint density at radius 3 is 2.62 bits per heavy atom. The maximum absolute atomic E-state index is 12.2. The van der Waals surface area contributed by atoms with Crippen LogP contribution < -0.4 is 5.73 Å². The average Bonchev–Trinajstić information content (AvgIpc) is 2.47. The molecular weight excluding hydrogens is 288 g/mol. The zero-order valence-electron chi connectivity index (χ0n) is 11.9. The minimum Gasteiger partial charge on any atom is -0.377 e. The summed E-state index contributed by atoms with van der Waals surface area (Å²) in [6.07, 6.45) is 3.88. The normalized spacial score (nSPS) is 22.7. The van der Waals surface area contributed by atoms with Crippen LogP contribution in [0.25, 0.3) is 0 Å². The monoisotopic (exact) mass is 308 g/mol. The van der Waals surface area contributed by atoms with E-state index in [-0.39, 0.29) is 29.4 Å². The third-order valence-corrected chi connectivity index (χ3v) is 5.41.